The highest BCUT2D eigenvalue weighted by Crippen LogP contribution is 2.33. The van der Waals surface area contributed by atoms with E-state index in [1.165, 1.54) is 33.5 Å². The number of ether oxygens (including phenoxy) is 4. The van der Waals surface area contributed by atoms with Crippen LogP contribution in [0.3, 0.4) is 0 Å². The zero-order chi connectivity index (χ0) is 18.2. The van der Waals surface area contributed by atoms with Gasteiger partial charge in [-0.15, -0.1) is 0 Å². The molecule has 7 nitrogen and oxygen atoms in total. The van der Waals surface area contributed by atoms with Crippen molar-refractivity contribution in [2.24, 2.45) is 0 Å². The van der Waals surface area contributed by atoms with Gasteiger partial charge < -0.3 is 24.3 Å². The van der Waals surface area contributed by atoms with Crippen LogP contribution in [0.15, 0.2) is 42.5 Å². The number of para-hydroxylation sites is 1. The van der Waals surface area contributed by atoms with Gasteiger partial charge in [-0.2, -0.15) is 0 Å². The average molecular weight is 345 g/mol. The molecule has 0 aliphatic rings. The third kappa shape index (κ3) is 4.63. The zero-order valence-corrected chi connectivity index (χ0v) is 14.2. The van der Waals surface area contributed by atoms with Crippen LogP contribution in [0.5, 0.6) is 17.2 Å². The minimum atomic E-state index is -0.611. The fourth-order valence-corrected chi connectivity index (χ4v) is 2.11. The standard InChI is InChI=1S/C18H19NO6/c1-22-15-9-13(18(21)24-3)14(10-16(15)23-2)19-17(20)11-25-12-7-5-4-6-8-12/h4-10H,11H2,1-3H3,(H,19,20). The topological polar surface area (TPSA) is 83.1 Å². The lowest BCUT2D eigenvalue weighted by Crippen LogP contribution is -2.22. The highest BCUT2D eigenvalue weighted by molar-refractivity contribution is 6.02. The van der Waals surface area contributed by atoms with Gasteiger partial charge >= 0.3 is 5.97 Å². The monoisotopic (exact) mass is 345 g/mol. The van der Waals surface area contributed by atoms with Crippen molar-refractivity contribution in [3.8, 4) is 17.2 Å². The number of benzene rings is 2. The Morgan fingerprint density at radius 2 is 1.60 bits per heavy atom. The summed E-state index contributed by atoms with van der Waals surface area (Å²) in [5, 5.41) is 2.62. The molecule has 0 fully saturated rings. The molecule has 1 N–H and O–H groups in total. The summed E-state index contributed by atoms with van der Waals surface area (Å²) in [4.78, 5) is 24.1. The molecule has 0 aliphatic heterocycles. The fourth-order valence-electron chi connectivity index (χ4n) is 2.11. The Balaban J connectivity index is 2.18. The minimum absolute atomic E-state index is 0.146. The fraction of sp³-hybridized carbons (Fsp3) is 0.222. The van der Waals surface area contributed by atoms with Crippen LogP contribution in [0, 0.1) is 0 Å². The number of hydrogen-bond donors (Lipinski definition) is 1. The number of rotatable bonds is 7. The molecule has 2 rings (SSSR count). The van der Waals surface area contributed by atoms with Crippen LogP contribution < -0.4 is 19.5 Å². The second-order valence-corrected chi connectivity index (χ2v) is 4.89. The van der Waals surface area contributed by atoms with Crippen LogP contribution in [0.25, 0.3) is 0 Å². The Bertz CT molecular complexity index is 745. The number of anilines is 1. The summed E-state index contributed by atoms with van der Waals surface area (Å²) in [6.07, 6.45) is 0. The number of nitrogens with one attached hydrogen (secondary N) is 1. The van der Waals surface area contributed by atoms with Gasteiger partial charge in [-0.05, 0) is 12.1 Å². The van der Waals surface area contributed by atoms with E-state index in [1.54, 1.807) is 24.3 Å². The first-order valence-electron chi connectivity index (χ1n) is 7.41. The van der Waals surface area contributed by atoms with Gasteiger partial charge in [0.15, 0.2) is 18.1 Å². The van der Waals surface area contributed by atoms with Gasteiger partial charge in [0.2, 0.25) is 0 Å². The van der Waals surface area contributed by atoms with E-state index in [4.69, 9.17) is 18.9 Å². The Labute approximate surface area is 145 Å². The molecule has 0 unspecified atom stereocenters. The summed E-state index contributed by atoms with van der Waals surface area (Å²) in [6.45, 7) is -0.209. The number of amides is 1. The minimum Gasteiger partial charge on any atom is -0.493 e. The molecule has 0 spiro atoms. The maximum Gasteiger partial charge on any atom is 0.340 e. The average Bonchev–Trinajstić information content (AvgIpc) is 2.66. The molecule has 2 aromatic rings. The molecule has 7 heteroatoms. The van der Waals surface area contributed by atoms with Crippen molar-refractivity contribution in [1.82, 2.24) is 0 Å². The summed E-state index contributed by atoms with van der Waals surface area (Å²) in [6, 6.07) is 11.9. The number of methoxy groups -OCH3 is 3. The summed E-state index contributed by atoms with van der Waals surface area (Å²) in [7, 11) is 4.16. The Kier molecular flexibility index (Phi) is 6.22. The van der Waals surface area contributed by atoms with Gasteiger partial charge in [-0.1, -0.05) is 18.2 Å². The van der Waals surface area contributed by atoms with Gasteiger partial charge in [0, 0.05) is 12.1 Å². The first kappa shape index (κ1) is 18.1. The molecule has 0 atom stereocenters. The number of hydrogen-bond acceptors (Lipinski definition) is 6. The highest BCUT2D eigenvalue weighted by atomic mass is 16.5. The predicted molar refractivity (Wildman–Crippen MR) is 91.5 cm³/mol. The van der Waals surface area contributed by atoms with Crippen LogP contribution in [-0.2, 0) is 9.53 Å². The van der Waals surface area contributed by atoms with E-state index in [2.05, 4.69) is 5.32 Å². The maximum absolute atomic E-state index is 12.1. The molecule has 0 radical (unpaired) electrons. The number of carbonyl (C=O) groups is 2. The summed E-state index contributed by atoms with van der Waals surface area (Å²) >= 11 is 0. The van der Waals surface area contributed by atoms with Crippen molar-refractivity contribution in [1.29, 1.82) is 0 Å². The smallest absolute Gasteiger partial charge is 0.340 e. The molecule has 132 valence electrons. The third-order valence-corrected chi connectivity index (χ3v) is 3.32. The van der Waals surface area contributed by atoms with Crippen LogP contribution in [-0.4, -0.2) is 39.8 Å². The molecule has 25 heavy (non-hydrogen) atoms. The summed E-state index contributed by atoms with van der Waals surface area (Å²) < 4.78 is 20.5. The molecular formula is C18H19NO6. The molecule has 0 heterocycles. The largest absolute Gasteiger partial charge is 0.493 e. The van der Waals surface area contributed by atoms with Gasteiger partial charge in [0.05, 0.1) is 32.6 Å². The lowest BCUT2D eigenvalue weighted by molar-refractivity contribution is -0.118. The molecule has 0 aliphatic carbocycles. The van der Waals surface area contributed by atoms with Crippen LogP contribution in [0.4, 0.5) is 5.69 Å². The van der Waals surface area contributed by atoms with Crippen LogP contribution in [0.2, 0.25) is 0 Å². The molecule has 1 amide bonds. The van der Waals surface area contributed by atoms with Gasteiger partial charge in [0.1, 0.15) is 5.75 Å². The van der Waals surface area contributed by atoms with Crippen LogP contribution >= 0.6 is 0 Å². The first-order valence-corrected chi connectivity index (χ1v) is 7.41. The van der Waals surface area contributed by atoms with Gasteiger partial charge in [-0.3, -0.25) is 4.79 Å². The van der Waals surface area contributed by atoms with Crippen LogP contribution in [0.1, 0.15) is 10.4 Å². The maximum atomic E-state index is 12.1. The first-order chi connectivity index (χ1) is 12.1. The normalized spacial score (nSPS) is 9.88. The lowest BCUT2D eigenvalue weighted by atomic mass is 10.1. The molecular weight excluding hydrogens is 326 g/mol. The van der Waals surface area contributed by atoms with Crippen molar-refractivity contribution >= 4 is 17.6 Å². The highest BCUT2D eigenvalue weighted by Gasteiger charge is 2.19. The summed E-state index contributed by atoms with van der Waals surface area (Å²) in [5.41, 5.74) is 0.388. The zero-order valence-electron chi connectivity index (χ0n) is 14.2. The quantitative estimate of drug-likeness (QED) is 0.777. The van der Waals surface area contributed by atoms with Crippen molar-refractivity contribution in [3.05, 3.63) is 48.0 Å². The lowest BCUT2D eigenvalue weighted by Gasteiger charge is -2.14. The Morgan fingerprint density at radius 1 is 0.960 bits per heavy atom. The number of esters is 1. The Morgan fingerprint density at radius 3 is 2.20 bits per heavy atom. The van der Waals surface area contributed by atoms with Crippen molar-refractivity contribution in [2.75, 3.05) is 33.3 Å². The van der Waals surface area contributed by atoms with Crippen molar-refractivity contribution in [2.45, 2.75) is 0 Å². The molecule has 0 bridgehead atoms. The van der Waals surface area contributed by atoms with E-state index >= 15 is 0 Å². The SMILES string of the molecule is COC(=O)c1cc(OC)c(OC)cc1NC(=O)COc1ccccc1. The second kappa shape index (κ2) is 8.58. The third-order valence-electron chi connectivity index (χ3n) is 3.32. The van der Waals surface area contributed by atoms with Gasteiger partial charge in [0.25, 0.3) is 5.91 Å². The van der Waals surface area contributed by atoms with E-state index in [9.17, 15) is 9.59 Å². The molecule has 2 aromatic carbocycles. The Hall–Kier alpha value is -3.22. The predicted octanol–water partition coefficient (Wildman–Crippen LogP) is 2.51. The summed E-state index contributed by atoms with van der Waals surface area (Å²) in [5.74, 6) is 0.246. The molecule has 0 saturated carbocycles. The second-order valence-electron chi connectivity index (χ2n) is 4.89. The van der Waals surface area contributed by atoms with Gasteiger partial charge in [-0.25, -0.2) is 4.79 Å². The molecule has 0 saturated heterocycles. The van der Waals surface area contributed by atoms with E-state index in [1.807, 2.05) is 6.07 Å². The van der Waals surface area contributed by atoms with Crippen molar-refractivity contribution < 1.29 is 28.5 Å². The van der Waals surface area contributed by atoms with E-state index in [-0.39, 0.29) is 17.9 Å². The van der Waals surface area contributed by atoms with E-state index in [0.29, 0.717) is 17.2 Å². The molecule has 0 aromatic heterocycles. The number of carbonyl (C=O) groups excluding carboxylic acids is 2. The van der Waals surface area contributed by atoms with E-state index in [0.717, 1.165) is 0 Å². The van der Waals surface area contributed by atoms with Crippen molar-refractivity contribution in [3.63, 3.8) is 0 Å². The van der Waals surface area contributed by atoms with E-state index < -0.39 is 11.9 Å².